The molecule has 6 nitrogen and oxygen atoms in total. The molecule has 0 bridgehead atoms. The van der Waals surface area contributed by atoms with Crippen molar-refractivity contribution in [3.8, 4) is 0 Å². The highest BCUT2D eigenvalue weighted by Gasteiger charge is 2.31. The summed E-state index contributed by atoms with van der Waals surface area (Å²) in [6, 6.07) is 9.82. The Kier molecular flexibility index (Phi) is 10.3. The van der Waals surface area contributed by atoms with Gasteiger partial charge in [-0.2, -0.15) is 0 Å². The van der Waals surface area contributed by atoms with Crippen LogP contribution in [0, 0.1) is 5.92 Å². The zero-order valence-electron chi connectivity index (χ0n) is 19.7. The highest BCUT2D eigenvalue weighted by Crippen LogP contribution is 2.29. The van der Waals surface area contributed by atoms with Crippen molar-refractivity contribution in [3.05, 3.63) is 35.9 Å². The lowest BCUT2D eigenvalue weighted by molar-refractivity contribution is -0.150. The first-order valence-electron chi connectivity index (χ1n) is 11.7. The highest BCUT2D eigenvalue weighted by atomic mass is 16.6. The minimum atomic E-state index is -0.539. The Labute approximate surface area is 187 Å². The molecule has 0 heterocycles. The van der Waals surface area contributed by atoms with Crippen molar-refractivity contribution in [2.75, 3.05) is 19.7 Å². The van der Waals surface area contributed by atoms with Gasteiger partial charge in [-0.15, -0.1) is 0 Å². The minimum Gasteiger partial charge on any atom is -0.465 e. The molecule has 1 aliphatic carbocycles. The van der Waals surface area contributed by atoms with Gasteiger partial charge in [-0.05, 0) is 45.6 Å². The van der Waals surface area contributed by atoms with Gasteiger partial charge in [0.2, 0.25) is 0 Å². The summed E-state index contributed by atoms with van der Waals surface area (Å²) in [6.07, 6.45) is 6.47. The second-order valence-electron chi connectivity index (χ2n) is 9.39. The van der Waals surface area contributed by atoms with Crippen LogP contribution in [0.3, 0.4) is 0 Å². The zero-order valence-corrected chi connectivity index (χ0v) is 19.7. The van der Waals surface area contributed by atoms with E-state index in [4.69, 9.17) is 9.47 Å². The Morgan fingerprint density at radius 1 is 1.13 bits per heavy atom. The highest BCUT2D eigenvalue weighted by molar-refractivity contribution is 5.75. The molecular formula is C25H40N2O4. The van der Waals surface area contributed by atoms with Crippen molar-refractivity contribution in [1.82, 2.24) is 10.2 Å². The molecule has 6 heteroatoms. The van der Waals surface area contributed by atoms with Crippen molar-refractivity contribution in [1.29, 1.82) is 0 Å². The molecule has 1 atom stereocenters. The van der Waals surface area contributed by atoms with E-state index in [9.17, 15) is 9.59 Å². The molecule has 1 fully saturated rings. The molecule has 0 radical (unpaired) electrons. The van der Waals surface area contributed by atoms with Crippen LogP contribution in [0.25, 0.3) is 0 Å². The fraction of sp³-hybridized carbons (Fsp3) is 0.680. The van der Waals surface area contributed by atoms with Crippen LogP contribution in [-0.4, -0.2) is 48.3 Å². The quantitative estimate of drug-likeness (QED) is 0.532. The number of ether oxygens (including phenoxy) is 2. The van der Waals surface area contributed by atoms with Crippen molar-refractivity contribution < 1.29 is 19.1 Å². The molecule has 174 valence electrons. The predicted octanol–water partition coefficient (Wildman–Crippen LogP) is 4.92. The number of amides is 1. The van der Waals surface area contributed by atoms with E-state index >= 15 is 0 Å². The smallest absolute Gasteiger partial charge is 0.407 e. The van der Waals surface area contributed by atoms with Crippen LogP contribution in [0.15, 0.2) is 30.3 Å². The number of nitrogens with zero attached hydrogens (tertiary/aromatic N) is 1. The standard InChI is InChI=1S/C25H40N2O4/c1-5-30-23(28)22(18-20-12-8-6-9-13-20)27(19-21-14-10-7-11-15-21)17-16-26-24(29)31-25(2,3)4/h7,10-11,14-15,20,22H,5-6,8-9,12-13,16-19H2,1-4H3,(H,26,29). The van der Waals surface area contributed by atoms with Crippen molar-refractivity contribution in [2.24, 2.45) is 5.92 Å². The predicted molar refractivity (Wildman–Crippen MR) is 123 cm³/mol. The third-order valence-corrected chi connectivity index (χ3v) is 5.58. The number of hydrogen-bond acceptors (Lipinski definition) is 5. The summed E-state index contributed by atoms with van der Waals surface area (Å²) in [5, 5.41) is 2.83. The molecule has 1 aliphatic rings. The van der Waals surface area contributed by atoms with Crippen LogP contribution in [0.2, 0.25) is 0 Å². The third kappa shape index (κ3) is 9.72. The number of rotatable bonds is 10. The third-order valence-electron chi connectivity index (χ3n) is 5.58. The van der Waals surface area contributed by atoms with E-state index in [1.54, 1.807) is 0 Å². The summed E-state index contributed by atoms with van der Waals surface area (Å²) >= 11 is 0. The van der Waals surface area contributed by atoms with E-state index in [1.165, 1.54) is 32.1 Å². The molecule has 2 rings (SSSR count). The Morgan fingerprint density at radius 3 is 2.42 bits per heavy atom. The summed E-state index contributed by atoms with van der Waals surface area (Å²) in [5.41, 5.74) is 0.597. The second kappa shape index (κ2) is 12.7. The Balaban J connectivity index is 2.10. The fourth-order valence-corrected chi connectivity index (χ4v) is 4.15. The van der Waals surface area contributed by atoms with E-state index in [-0.39, 0.29) is 12.0 Å². The molecule has 0 aliphatic heterocycles. The van der Waals surface area contributed by atoms with Gasteiger partial charge in [0.25, 0.3) is 0 Å². The van der Waals surface area contributed by atoms with Crippen molar-refractivity contribution >= 4 is 12.1 Å². The lowest BCUT2D eigenvalue weighted by Crippen LogP contribution is -2.47. The number of carbonyl (C=O) groups is 2. The van der Waals surface area contributed by atoms with Crippen LogP contribution < -0.4 is 5.32 Å². The van der Waals surface area contributed by atoms with E-state index in [1.807, 2.05) is 45.9 Å². The lowest BCUT2D eigenvalue weighted by Gasteiger charge is -2.34. The molecule has 1 saturated carbocycles. The zero-order chi connectivity index (χ0) is 22.7. The first-order chi connectivity index (χ1) is 14.8. The summed E-state index contributed by atoms with van der Waals surface area (Å²) in [4.78, 5) is 27.2. The van der Waals surface area contributed by atoms with Gasteiger partial charge in [-0.1, -0.05) is 62.4 Å². The molecule has 0 spiro atoms. The monoisotopic (exact) mass is 432 g/mol. The van der Waals surface area contributed by atoms with Gasteiger partial charge < -0.3 is 14.8 Å². The van der Waals surface area contributed by atoms with Gasteiger partial charge in [-0.3, -0.25) is 9.69 Å². The molecule has 0 saturated heterocycles. The number of hydrogen-bond donors (Lipinski definition) is 1. The average molecular weight is 433 g/mol. The van der Waals surface area contributed by atoms with Gasteiger partial charge >= 0.3 is 12.1 Å². The first kappa shape index (κ1) is 25.2. The van der Waals surface area contributed by atoms with E-state index in [0.29, 0.717) is 32.2 Å². The molecule has 1 aromatic carbocycles. The summed E-state index contributed by atoms with van der Waals surface area (Å²) < 4.78 is 10.8. The Bertz CT molecular complexity index is 666. The molecule has 1 aromatic rings. The van der Waals surface area contributed by atoms with Crippen LogP contribution in [0.1, 0.15) is 71.8 Å². The van der Waals surface area contributed by atoms with Gasteiger partial charge in [0, 0.05) is 19.6 Å². The van der Waals surface area contributed by atoms with E-state index < -0.39 is 11.7 Å². The maximum atomic E-state index is 13.0. The number of alkyl carbamates (subject to hydrolysis) is 1. The lowest BCUT2D eigenvalue weighted by atomic mass is 9.84. The number of nitrogens with one attached hydrogen (secondary N) is 1. The molecule has 1 N–H and O–H groups in total. The summed E-state index contributed by atoms with van der Waals surface area (Å²) in [7, 11) is 0. The normalized spacial score (nSPS) is 16.0. The summed E-state index contributed by atoms with van der Waals surface area (Å²) in [5.74, 6) is 0.376. The first-order valence-corrected chi connectivity index (χ1v) is 11.7. The summed E-state index contributed by atoms with van der Waals surface area (Å²) in [6.45, 7) is 9.33. The molecule has 1 unspecified atom stereocenters. The van der Waals surface area contributed by atoms with Crippen LogP contribution in [0.4, 0.5) is 4.79 Å². The minimum absolute atomic E-state index is 0.165. The molecule has 31 heavy (non-hydrogen) atoms. The van der Waals surface area contributed by atoms with Gasteiger partial charge in [0.1, 0.15) is 11.6 Å². The molecule has 0 aromatic heterocycles. The van der Waals surface area contributed by atoms with Crippen LogP contribution in [0.5, 0.6) is 0 Å². The van der Waals surface area contributed by atoms with Gasteiger partial charge in [0.05, 0.1) is 6.61 Å². The van der Waals surface area contributed by atoms with Crippen LogP contribution in [-0.2, 0) is 20.8 Å². The van der Waals surface area contributed by atoms with Gasteiger partial charge in [0.15, 0.2) is 0 Å². The van der Waals surface area contributed by atoms with Crippen molar-refractivity contribution in [2.45, 2.75) is 84.4 Å². The largest absolute Gasteiger partial charge is 0.465 e. The van der Waals surface area contributed by atoms with E-state index in [0.717, 1.165) is 12.0 Å². The topological polar surface area (TPSA) is 67.9 Å². The van der Waals surface area contributed by atoms with Gasteiger partial charge in [-0.25, -0.2) is 4.79 Å². The number of benzene rings is 1. The fourth-order valence-electron chi connectivity index (χ4n) is 4.15. The second-order valence-corrected chi connectivity index (χ2v) is 9.39. The Hall–Kier alpha value is -2.08. The maximum absolute atomic E-state index is 13.0. The number of carbonyl (C=O) groups excluding carboxylic acids is 2. The Morgan fingerprint density at radius 2 is 1.81 bits per heavy atom. The van der Waals surface area contributed by atoms with E-state index in [2.05, 4.69) is 22.3 Å². The van der Waals surface area contributed by atoms with Crippen molar-refractivity contribution in [3.63, 3.8) is 0 Å². The molecular weight excluding hydrogens is 392 g/mol. The van der Waals surface area contributed by atoms with Crippen LogP contribution >= 0.6 is 0 Å². The number of esters is 1. The molecule has 1 amide bonds. The average Bonchev–Trinajstić information content (AvgIpc) is 2.72. The maximum Gasteiger partial charge on any atom is 0.407 e. The SMILES string of the molecule is CCOC(=O)C(CC1CCCCC1)N(CCNC(=O)OC(C)(C)C)Cc1ccccc1.